The molecule has 0 spiro atoms. The standard InChI is InChI=1S/C22H29ClN4O2.HI/c1-24-22(25-10-13-29-21-9-5-4-8-20(21)23)26-16-18-6-2-3-7-19(18)17-27-11-14-28-15-12-27;/h2-9H,10-17H2,1H3,(H2,24,25,26);1H. The van der Waals surface area contributed by atoms with Crippen LogP contribution in [0.2, 0.25) is 5.02 Å². The predicted molar refractivity (Wildman–Crippen MR) is 133 cm³/mol. The average molecular weight is 545 g/mol. The average Bonchev–Trinajstić information content (AvgIpc) is 2.76. The second-order valence-electron chi connectivity index (χ2n) is 6.79. The van der Waals surface area contributed by atoms with Crippen molar-refractivity contribution in [2.75, 3.05) is 46.5 Å². The molecule has 3 rings (SSSR count). The van der Waals surface area contributed by atoms with Gasteiger partial charge in [-0.05, 0) is 23.3 Å². The van der Waals surface area contributed by atoms with Crippen molar-refractivity contribution in [1.82, 2.24) is 15.5 Å². The van der Waals surface area contributed by atoms with Crippen LogP contribution in [0.5, 0.6) is 5.75 Å². The summed E-state index contributed by atoms with van der Waals surface area (Å²) in [4.78, 5) is 6.73. The zero-order valence-electron chi connectivity index (χ0n) is 17.3. The summed E-state index contributed by atoms with van der Waals surface area (Å²) in [6.45, 7) is 6.37. The Kier molecular flexibility index (Phi) is 11.3. The minimum atomic E-state index is 0. The van der Waals surface area contributed by atoms with Crippen molar-refractivity contribution in [1.29, 1.82) is 0 Å². The first-order valence-corrected chi connectivity index (χ1v) is 10.3. The molecule has 1 aliphatic heterocycles. The number of guanidine groups is 1. The molecular formula is C22H30ClIN4O2. The van der Waals surface area contributed by atoms with Gasteiger partial charge >= 0.3 is 0 Å². The van der Waals surface area contributed by atoms with Gasteiger partial charge in [-0.3, -0.25) is 9.89 Å². The Bertz CT molecular complexity index is 800. The lowest BCUT2D eigenvalue weighted by molar-refractivity contribution is 0.0341. The highest BCUT2D eigenvalue weighted by atomic mass is 127. The van der Waals surface area contributed by atoms with Crippen molar-refractivity contribution in [3.8, 4) is 5.75 Å². The third kappa shape index (κ3) is 7.94. The minimum absolute atomic E-state index is 0. The first-order valence-electron chi connectivity index (χ1n) is 9.95. The van der Waals surface area contributed by atoms with E-state index in [1.165, 1.54) is 11.1 Å². The minimum Gasteiger partial charge on any atom is -0.490 e. The van der Waals surface area contributed by atoms with Gasteiger partial charge in [-0.1, -0.05) is 48.0 Å². The Morgan fingerprint density at radius 1 is 1.07 bits per heavy atom. The summed E-state index contributed by atoms with van der Waals surface area (Å²) < 4.78 is 11.2. The van der Waals surface area contributed by atoms with Crippen LogP contribution in [-0.2, 0) is 17.8 Å². The van der Waals surface area contributed by atoms with Crippen LogP contribution in [0.15, 0.2) is 53.5 Å². The highest BCUT2D eigenvalue weighted by Crippen LogP contribution is 2.22. The molecule has 1 aliphatic rings. The third-order valence-electron chi connectivity index (χ3n) is 4.77. The smallest absolute Gasteiger partial charge is 0.191 e. The molecule has 0 atom stereocenters. The number of rotatable bonds is 8. The molecule has 6 nitrogen and oxygen atoms in total. The van der Waals surface area contributed by atoms with E-state index >= 15 is 0 Å². The maximum atomic E-state index is 6.10. The molecule has 164 valence electrons. The SMILES string of the molecule is CN=C(NCCOc1ccccc1Cl)NCc1ccccc1CN1CCOCC1.I. The van der Waals surface area contributed by atoms with Gasteiger partial charge in [0, 0.05) is 33.2 Å². The fourth-order valence-corrected chi connectivity index (χ4v) is 3.37. The molecule has 0 aliphatic carbocycles. The fourth-order valence-electron chi connectivity index (χ4n) is 3.18. The van der Waals surface area contributed by atoms with Crippen LogP contribution in [0.1, 0.15) is 11.1 Å². The van der Waals surface area contributed by atoms with E-state index in [0.717, 1.165) is 38.8 Å². The molecule has 8 heteroatoms. The van der Waals surface area contributed by atoms with Crippen LogP contribution in [0.4, 0.5) is 0 Å². The number of morpholine rings is 1. The normalized spacial score (nSPS) is 14.7. The number of para-hydroxylation sites is 1. The summed E-state index contributed by atoms with van der Waals surface area (Å²) in [5, 5.41) is 7.28. The predicted octanol–water partition coefficient (Wildman–Crippen LogP) is 3.53. The van der Waals surface area contributed by atoms with E-state index in [9.17, 15) is 0 Å². The summed E-state index contributed by atoms with van der Waals surface area (Å²) >= 11 is 6.10. The zero-order chi connectivity index (χ0) is 20.3. The number of nitrogens with zero attached hydrogens (tertiary/aromatic N) is 2. The number of ether oxygens (including phenoxy) is 2. The van der Waals surface area contributed by atoms with Gasteiger partial charge in [0.2, 0.25) is 0 Å². The van der Waals surface area contributed by atoms with Gasteiger partial charge in [0.1, 0.15) is 12.4 Å². The van der Waals surface area contributed by atoms with Gasteiger partial charge < -0.3 is 20.1 Å². The van der Waals surface area contributed by atoms with Crippen LogP contribution < -0.4 is 15.4 Å². The monoisotopic (exact) mass is 544 g/mol. The molecular weight excluding hydrogens is 515 g/mol. The van der Waals surface area contributed by atoms with E-state index in [1.807, 2.05) is 24.3 Å². The number of benzene rings is 2. The lowest BCUT2D eigenvalue weighted by atomic mass is 10.1. The van der Waals surface area contributed by atoms with Crippen LogP contribution in [0, 0.1) is 0 Å². The summed E-state index contributed by atoms with van der Waals surface area (Å²) in [6.07, 6.45) is 0. The van der Waals surface area contributed by atoms with Gasteiger partial charge in [0.25, 0.3) is 0 Å². The van der Waals surface area contributed by atoms with E-state index < -0.39 is 0 Å². The van der Waals surface area contributed by atoms with Crippen molar-refractivity contribution in [3.63, 3.8) is 0 Å². The van der Waals surface area contributed by atoms with Crippen LogP contribution >= 0.6 is 35.6 Å². The van der Waals surface area contributed by atoms with Crippen LogP contribution in [0.25, 0.3) is 0 Å². The van der Waals surface area contributed by atoms with Gasteiger partial charge in [-0.15, -0.1) is 24.0 Å². The summed E-state index contributed by atoms with van der Waals surface area (Å²) in [7, 11) is 1.77. The molecule has 1 heterocycles. The highest BCUT2D eigenvalue weighted by Gasteiger charge is 2.12. The van der Waals surface area contributed by atoms with E-state index in [0.29, 0.717) is 30.5 Å². The van der Waals surface area contributed by atoms with Gasteiger partial charge in [0.05, 0.1) is 24.8 Å². The molecule has 1 fully saturated rings. The Morgan fingerprint density at radius 2 is 1.77 bits per heavy atom. The molecule has 0 unspecified atom stereocenters. The quantitative estimate of drug-likeness (QED) is 0.231. The first-order chi connectivity index (χ1) is 14.3. The second-order valence-corrected chi connectivity index (χ2v) is 7.20. The fraction of sp³-hybridized carbons (Fsp3) is 0.409. The van der Waals surface area contributed by atoms with Crippen molar-refractivity contribution < 1.29 is 9.47 Å². The van der Waals surface area contributed by atoms with Gasteiger partial charge in [-0.25, -0.2) is 0 Å². The molecule has 0 aromatic heterocycles. The number of aliphatic imine (C=N–C) groups is 1. The number of hydrogen-bond donors (Lipinski definition) is 2. The highest BCUT2D eigenvalue weighted by molar-refractivity contribution is 14.0. The molecule has 2 aromatic rings. The first kappa shape index (κ1) is 24.7. The summed E-state index contributed by atoms with van der Waals surface area (Å²) in [5.74, 6) is 1.44. The van der Waals surface area contributed by atoms with E-state index in [1.54, 1.807) is 7.05 Å². The lowest BCUT2D eigenvalue weighted by Crippen LogP contribution is -2.39. The van der Waals surface area contributed by atoms with Crippen molar-refractivity contribution in [2.45, 2.75) is 13.1 Å². The molecule has 30 heavy (non-hydrogen) atoms. The molecule has 0 saturated carbocycles. The third-order valence-corrected chi connectivity index (χ3v) is 5.09. The maximum absolute atomic E-state index is 6.10. The maximum Gasteiger partial charge on any atom is 0.191 e. The van der Waals surface area contributed by atoms with Crippen LogP contribution in [0.3, 0.4) is 0 Å². The van der Waals surface area contributed by atoms with Crippen molar-refractivity contribution >= 4 is 41.5 Å². The number of halogens is 2. The van der Waals surface area contributed by atoms with Crippen molar-refractivity contribution in [2.24, 2.45) is 4.99 Å². The van der Waals surface area contributed by atoms with E-state index in [2.05, 4.69) is 44.8 Å². The largest absolute Gasteiger partial charge is 0.490 e. The van der Waals surface area contributed by atoms with E-state index in [4.69, 9.17) is 21.1 Å². The Labute approximate surface area is 201 Å². The van der Waals surface area contributed by atoms with Crippen LogP contribution in [-0.4, -0.2) is 57.4 Å². The summed E-state index contributed by atoms with van der Waals surface area (Å²) in [5.41, 5.74) is 2.61. The topological polar surface area (TPSA) is 58.1 Å². The lowest BCUT2D eigenvalue weighted by Gasteiger charge is -2.27. The Hall–Kier alpha value is -1.55. The van der Waals surface area contributed by atoms with Gasteiger partial charge in [0.15, 0.2) is 5.96 Å². The zero-order valence-corrected chi connectivity index (χ0v) is 20.4. The molecule has 0 radical (unpaired) electrons. The molecule has 0 bridgehead atoms. The molecule has 2 aromatic carbocycles. The molecule has 0 amide bonds. The Balaban J connectivity index is 0.00000320. The number of nitrogens with one attached hydrogen (secondary N) is 2. The van der Waals surface area contributed by atoms with Crippen molar-refractivity contribution in [3.05, 3.63) is 64.7 Å². The molecule has 1 saturated heterocycles. The van der Waals surface area contributed by atoms with Gasteiger partial charge in [-0.2, -0.15) is 0 Å². The Morgan fingerprint density at radius 3 is 2.50 bits per heavy atom. The second kappa shape index (κ2) is 13.7. The number of hydrogen-bond acceptors (Lipinski definition) is 4. The van der Waals surface area contributed by atoms with E-state index in [-0.39, 0.29) is 24.0 Å². The summed E-state index contributed by atoms with van der Waals surface area (Å²) in [6, 6.07) is 16.0. The molecule has 2 N–H and O–H groups in total.